The van der Waals surface area contributed by atoms with E-state index in [2.05, 4.69) is 5.32 Å². The van der Waals surface area contributed by atoms with Gasteiger partial charge in [-0.2, -0.15) is 0 Å². The number of nitrogens with one attached hydrogen (secondary N) is 1. The predicted octanol–water partition coefficient (Wildman–Crippen LogP) is 2.03. The Morgan fingerprint density at radius 2 is 1.65 bits per heavy atom. The topological polar surface area (TPSA) is 130 Å². The van der Waals surface area contributed by atoms with Crippen LogP contribution in [-0.2, 0) is 35.3 Å². The Morgan fingerprint density at radius 3 is 2.35 bits per heavy atom. The second kappa shape index (κ2) is 9.50. The number of carboxylic acid groups (broad SMARTS) is 1. The summed E-state index contributed by atoms with van der Waals surface area (Å²) >= 11 is 0. The molecule has 9 heteroatoms. The fraction of sp³-hybridized carbons (Fsp3) is 0.250. The summed E-state index contributed by atoms with van der Waals surface area (Å²) in [6.07, 6.45) is 0. The Hall–Kier alpha value is -4.53. The Labute approximate surface area is 212 Å². The molecule has 5 rings (SSSR count). The van der Waals surface area contributed by atoms with Crippen molar-refractivity contribution in [2.24, 2.45) is 5.92 Å². The number of aliphatic carboxylic acids is 1. The average Bonchev–Trinajstić information content (AvgIpc) is 3.14. The van der Waals surface area contributed by atoms with Crippen LogP contribution < -0.4 is 5.32 Å². The zero-order chi connectivity index (χ0) is 26.3. The molecule has 5 atom stereocenters. The van der Waals surface area contributed by atoms with Gasteiger partial charge in [0.2, 0.25) is 11.8 Å². The van der Waals surface area contributed by atoms with Crippen LogP contribution >= 0.6 is 0 Å². The van der Waals surface area contributed by atoms with Crippen molar-refractivity contribution in [1.82, 2.24) is 10.2 Å². The van der Waals surface area contributed by atoms with Gasteiger partial charge >= 0.3 is 11.9 Å². The summed E-state index contributed by atoms with van der Waals surface area (Å²) in [4.78, 5) is 64.4. The number of ether oxygens (including phenoxy) is 1. The fourth-order valence-corrected chi connectivity index (χ4v) is 5.10. The minimum atomic E-state index is -1.38. The van der Waals surface area contributed by atoms with E-state index in [9.17, 15) is 29.1 Å². The van der Waals surface area contributed by atoms with E-state index in [0.29, 0.717) is 5.56 Å². The van der Waals surface area contributed by atoms with Crippen LogP contribution in [0.3, 0.4) is 0 Å². The van der Waals surface area contributed by atoms with Gasteiger partial charge in [0.1, 0.15) is 24.7 Å². The highest BCUT2D eigenvalue weighted by molar-refractivity contribution is 6.12. The van der Waals surface area contributed by atoms with Gasteiger partial charge in [0, 0.05) is 5.92 Å². The lowest BCUT2D eigenvalue weighted by atomic mass is 9.91. The Bertz CT molecular complexity index is 1420. The number of esters is 1. The molecular weight excluding hydrogens is 476 g/mol. The van der Waals surface area contributed by atoms with E-state index in [1.807, 2.05) is 42.5 Å². The lowest BCUT2D eigenvalue weighted by Gasteiger charge is -2.43. The number of carbonyl (C=O) groups excluding carboxylic acids is 4. The number of carbonyl (C=O) groups is 5. The van der Waals surface area contributed by atoms with Crippen molar-refractivity contribution in [2.75, 3.05) is 0 Å². The second-order valence-electron chi connectivity index (χ2n) is 9.28. The molecule has 0 aromatic heterocycles. The summed E-state index contributed by atoms with van der Waals surface area (Å²) in [6.45, 7) is 1.39. The summed E-state index contributed by atoms with van der Waals surface area (Å²) < 4.78 is 5.51. The number of amides is 2. The van der Waals surface area contributed by atoms with Crippen molar-refractivity contribution >= 4 is 40.3 Å². The van der Waals surface area contributed by atoms with Crippen molar-refractivity contribution in [1.29, 1.82) is 0 Å². The quantitative estimate of drug-likeness (QED) is 0.288. The zero-order valence-electron chi connectivity index (χ0n) is 19.9. The maximum atomic E-state index is 13.3. The van der Waals surface area contributed by atoms with Crippen molar-refractivity contribution < 1.29 is 33.8 Å². The average molecular weight is 501 g/mol. The molecular formula is C28H24N2O7. The van der Waals surface area contributed by atoms with E-state index < -0.39 is 59.5 Å². The first-order chi connectivity index (χ1) is 17.8. The highest BCUT2D eigenvalue weighted by atomic mass is 16.5. The van der Waals surface area contributed by atoms with Gasteiger partial charge in [-0.05, 0) is 28.0 Å². The number of benzene rings is 3. The van der Waals surface area contributed by atoms with E-state index in [1.165, 1.54) is 6.92 Å². The maximum absolute atomic E-state index is 13.3. The molecule has 0 spiro atoms. The van der Waals surface area contributed by atoms with Crippen LogP contribution in [0, 0.1) is 5.92 Å². The van der Waals surface area contributed by atoms with Crippen LogP contribution in [0.2, 0.25) is 0 Å². The van der Waals surface area contributed by atoms with Gasteiger partial charge in [0.05, 0.1) is 0 Å². The molecule has 9 nitrogen and oxygen atoms in total. The summed E-state index contributed by atoms with van der Waals surface area (Å²) in [5, 5.41) is 14.0. The van der Waals surface area contributed by atoms with Crippen molar-refractivity contribution in [2.45, 2.75) is 37.6 Å². The van der Waals surface area contributed by atoms with Crippen LogP contribution in [0.25, 0.3) is 10.8 Å². The summed E-state index contributed by atoms with van der Waals surface area (Å²) in [6, 6.07) is 18.1. The van der Waals surface area contributed by atoms with Crippen molar-refractivity contribution in [3.8, 4) is 0 Å². The van der Waals surface area contributed by atoms with Gasteiger partial charge in [0.15, 0.2) is 11.7 Å². The minimum absolute atomic E-state index is 0.0602. The van der Waals surface area contributed by atoms with E-state index in [4.69, 9.17) is 4.74 Å². The number of hydrogen-bond acceptors (Lipinski definition) is 6. The third-order valence-electron chi connectivity index (χ3n) is 7.03. The highest BCUT2D eigenvalue weighted by Gasteiger charge is 2.64. The molecule has 0 aliphatic carbocycles. The number of ketones is 1. The molecule has 0 bridgehead atoms. The number of nitrogens with zero attached hydrogens (tertiary/aromatic N) is 1. The molecule has 2 N–H and O–H groups in total. The molecule has 3 aromatic rings. The first-order valence-electron chi connectivity index (χ1n) is 11.9. The van der Waals surface area contributed by atoms with Crippen molar-refractivity contribution in [3.05, 3.63) is 83.9 Å². The van der Waals surface area contributed by atoms with Gasteiger partial charge in [0.25, 0.3) is 0 Å². The second-order valence-corrected chi connectivity index (χ2v) is 9.28. The number of fused-ring (bicyclic) bond motifs is 2. The fourth-order valence-electron chi connectivity index (χ4n) is 5.10. The van der Waals surface area contributed by atoms with Crippen LogP contribution in [-0.4, -0.2) is 57.7 Å². The van der Waals surface area contributed by atoms with Crippen LogP contribution in [0.4, 0.5) is 0 Å². The van der Waals surface area contributed by atoms with E-state index in [0.717, 1.165) is 21.2 Å². The molecule has 4 unspecified atom stereocenters. The first kappa shape index (κ1) is 24.2. The summed E-state index contributed by atoms with van der Waals surface area (Å²) in [5.74, 6) is -6.27. The monoisotopic (exact) mass is 500 g/mol. The summed E-state index contributed by atoms with van der Waals surface area (Å²) in [5.41, 5.74) is 1.11. The third kappa shape index (κ3) is 4.22. The lowest BCUT2D eigenvalue weighted by molar-refractivity contribution is -0.163. The molecule has 2 fully saturated rings. The molecule has 2 heterocycles. The van der Waals surface area contributed by atoms with Gasteiger partial charge in [-0.25, -0.2) is 4.79 Å². The van der Waals surface area contributed by atoms with Crippen LogP contribution in [0.1, 0.15) is 24.0 Å². The minimum Gasteiger partial charge on any atom is -0.480 e. The number of β-lactam (4-membered cyclic amide) rings is 1. The molecule has 3 aromatic carbocycles. The molecule has 2 aliphatic rings. The number of Topliss-reactive ketones (excluding diaryl/α,β-unsaturated/α-hetero) is 1. The van der Waals surface area contributed by atoms with E-state index in [1.54, 1.807) is 30.3 Å². The van der Waals surface area contributed by atoms with Crippen LogP contribution in [0.15, 0.2) is 72.8 Å². The standard InChI is InChI=1S/C28H24N2O7/c1-15-22(27(34)35)30-23(24(15)31)21(26(30)33)29-25(32)20(18-8-3-2-4-9-18)28(36)37-14-16-11-12-17-7-5-6-10-19(17)13-16/h2-13,15,20-23H,14H2,1H3,(H,29,32)(H,34,35)/t15?,20?,21?,22?,23-/m0/s1. The number of hydrogen-bond donors (Lipinski definition) is 2. The Balaban J connectivity index is 1.33. The van der Waals surface area contributed by atoms with Gasteiger partial charge in [-0.1, -0.05) is 73.7 Å². The van der Waals surface area contributed by atoms with E-state index >= 15 is 0 Å². The van der Waals surface area contributed by atoms with E-state index in [-0.39, 0.29) is 6.61 Å². The molecule has 2 amide bonds. The molecule has 0 saturated carbocycles. The largest absolute Gasteiger partial charge is 0.480 e. The first-order valence-corrected chi connectivity index (χ1v) is 11.9. The predicted molar refractivity (Wildman–Crippen MR) is 131 cm³/mol. The summed E-state index contributed by atoms with van der Waals surface area (Å²) in [7, 11) is 0. The molecule has 2 aliphatic heterocycles. The normalized spacial score (nSPS) is 23.2. The smallest absolute Gasteiger partial charge is 0.327 e. The van der Waals surface area contributed by atoms with Crippen molar-refractivity contribution in [3.63, 3.8) is 0 Å². The lowest BCUT2D eigenvalue weighted by Crippen LogP contribution is -2.72. The van der Waals surface area contributed by atoms with Crippen LogP contribution in [0.5, 0.6) is 0 Å². The Kier molecular flexibility index (Phi) is 6.20. The SMILES string of the molecule is CC1C(=O)[C@@H]2C(NC(=O)C(C(=O)OCc3ccc4ccccc4c3)c3ccccc3)C(=O)N2C1C(=O)O. The molecule has 188 valence electrons. The number of carboxylic acids is 1. The third-order valence-corrected chi connectivity index (χ3v) is 7.03. The molecule has 2 saturated heterocycles. The molecule has 0 radical (unpaired) electrons. The molecule has 37 heavy (non-hydrogen) atoms. The van der Waals surface area contributed by atoms with Gasteiger partial charge in [-0.3, -0.25) is 19.2 Å². The van der Waals surface area contributed by atoms with Gasteiger partial charge < -0.3 is 20.1 Å². The van der Waals surface area contributed by atoms with Gasteiger partial charge in [-0.15, -0.1) is 0 Å². The highest BCUT2D eigenvalue weighted by Crippen LogP contribution is 2.37. The zero-order valence-corrected chi connectivity index (χ0v) is 19.9. The number of rotatable bonds is 7. The Morgan fingerprint density at radius 1 is 0.973 bits per heavy atom. The maximum Gasteiger partial charge on any atom is 0.327 e.